The van der Waals surface area contributed by atoms with Crippen molar-refractivity contribution < 1.29 is 0 Å². The van der Waals surface area contributed by atoms with Gasteiger partial charge in [0.05, 0.1) is 0 Å². The third-order valence-electron chi connectivity index (χ3n) is 3.31. The first-order chi connectivity index (χ1) is 10.1. The predicted molar refractivity (Wildman–Crippen MR) is 95.6 cm³/mol. The van der Waals surface area contributed by atoms with Crippen molar-refractivity contribution in [1.29, 1.82) is 0 Å². The van der Waals surface area contributed by atoms with E-state index >= 15 is 0 Å². The van der Waals surface area contributed by atoms with Crippen LogP contribution in [0.5, 0.6) is 0 Å². The summed E-state index contributed by atoms with van der Waals surface area (Å²) < 4.78 is 2.16. The third kappa shape index (κ3) is 5.20. The van der Waals surface area contributed by atoms with Crippen molar-refractivity contribution in [2.45, 2.75) is 32.7 Å². The standard InChI is InChI=1S/C17H20Br2N2/c1-3-4-21-17(8-13-7-16(19)11-20-10-13)14-5-12(2)6-15(18)9-14/h5-7,9-11,17,21H,3-4,8H2,1-2H3. The molecule has 1 aromatic heterocycles. The Balaban J connectivity index is 2.25. The van der Waals surface area contributed by atoms with Crippen LogP contribution < -0.4 is 5.32 Å². The van der Waals surface area contributed by atoms with Crippen LogP contribution in [0.1, 0.15) is 36.1 Å². The molecule has 0 fully saturated rings. The van der Waals surface area contributed by atoms with Gasteiger partial charge in [0.15, 0.2) is 0 Å². The van der Waals surface area contributed by atoms with Crippen LogP contribution in [0, 0.1) is 6.92 Å². The van der Waals surface area contributed by atoms with E-state index in [2.05, 4.69) is 80.3 Å². The molecule has 0 aliphatic heterocycles. The fourth-order valence-electron chi connectivity index (χ4n) is 2.40. The number of hydrogen-bond acceptors (Lipinski definition) is 2. The Bertz CT molecular complexity index is 579. The molecular formula is C17H20Br2N2. The SMILES string of the molecule is CCCNC(Cc1cncc(Br)c1)c1cc(C)cc(Br)c1. The number of benzene rings is 1. The second-order valence-electron chi connectivity index (χ2n) is 5.28. The van der Waals surface area contributed by atoms with Crippen LogP contribution in [0.3, 0.4) is 0 Å². The van der Waals surface area contributed by atoms with Gasteiger partial charge in [-0.2, -0.15) is 0 Å². The summed E-state index contributed by atoms with van der Waals surface area (Å²) >= 11 is 7.09. The number of aryl methyl sites for hydroxylation is 1. The molecule has 2 rings (SSSR count). The molecule has 0 spiro atoms. The number of halogens is 2. The van der Waals surface area contributed by atoms with Gasteiger partial charge in [-0.15, -0.1) is 0 Å². The summed E-state index contributed by atoms with van der Waals surface area (Å²) in [5, 5.41) is 3.64. The Morgan fingerprint density at radius 1 is 1.10 bits per heavy atom. The third-order valence-corrected chi connectivity index (χ3v) is 4.20. The number of hydrogen-bond donors (Lipinski definition) is 1. The van der Waals surface area contributed by atoms with E-state index in [-0.39, 0.29) is 0 Å². The van der Waals surface area contributed by atoms with Gasteiger partial charge in [-0.25, -0.2) is 0 Å². The van der Waals surface area contributed by atoms with Gasteiger partial charge < -0.3 is 5.32 Å². The molecule has 112 valence electrons. The van der Waals surface area contributed by atoms with E-state index in [4.69, 9.17) is 0 Å². The molecule has 0 saturated heterocycles. The maximum Gasteiger partial charge on any atom is 0.0410 e. The zero-order valence-electron chi connectivity index (χ0n) is 12.4. The Kier molecular flexibility index (Phi) is 6.40. The number of pyridine rings is 1. The van der Waals surface area contributed by atoms with Crippen molar-refractivity contribution >= 4 is 31.9 Å². The quantitative estimate of drug-likeness (QED) is 0.706. The van der Waals surface area contributed by atoms with Crippen LogP contribution in [-0.2, 0) is 6.42 Å². The van der Waals surface area contributed by atoms with Gasteiger partial charge in [0.2, 0.25) is 0 Å². The van der Waals surface area contributed by atoms with E-state index in [9.17, 15) is 0 Å². The lowest BCUT2D eigenvalue weighted by atomic mass is 9.98. The first-order valence-electron chi connectivity index (χ1n) is 7.18. The van der Waals surface area contributed by atoms with Gasteiger partial charge in [0, 0.05) is 27.4 Å². The molecule has 0 saturated carbocycles. The van der Waals surface area contributed by atoms with Crippen molar-refractivity contribution in [1.82, 2.24) is 10.3 Å². The average Bonchev–Trinajstić information content (AvgIpc) is 2.42. The summed E-state index contributed by atoms with van der Waals surface area (Å²) in [4.78, 5) is 4.26. The fraction of sp³-hybridized carbons (Fsp3) is 0.353. The zero-order valence-corrected chi connectivity index (χ0v) is 15.5. The van der Waals surface area contributed by atoms with Crippen LogP contribution >= 0.6 is 31.9 Å². The lowest BCUT2D eigenvalue weighted by molar-refractivity contribution is 0.528. The fourth-order valence-corrected chi connectivity index (χ4v) is 3.43. The average molecular weight is 412 g/mol. The summed E-state index contributed by atoms with van der Waals surface area (Å²) in [6.07, 6.45) is 5.82. The molecule has 21 heavy (non-hydrogen) atoms. The minimum absolute atomic E-state index is 0.303. The highest BCUT2D eigenvalue weighted by atomic mass is 79.9. The summed E-state index contributed by atoms with van der Waals surface area (Å²) in [5.41, 5.74) is 3.82. The van der Waals surface area contributed by atoms with Crippen LogP contribution in [0.25, 0.3) is 0 Å². The molecule has 1 heterocycles. The minimum atomic E-state index is 0.303. The molecular weight excluding hydrogens is 392 g/mol. The van der Waals surface area contributed by atoms with Gasteiger partial charge in [-0.3, -0.25) is 4.98 Å². The second kappa shape index (κ2) is 8.06. The molecule has 0 aliphatic carbocycles. The smallest absolute Gasteiger partial charge is 0.0410 e. The van der Waals surface area contributed by atoms with E-state index in [0.29, 0.717) is 6.04 Å². The molecule has 1 aromatic carbocycles. The number of nitrogens with one attached hydrogen (secondary N) is 1. The molecule has 2 aromatic rings. The Morgan fingerprint density at radius 3 is 2.57 bits per heavy atom. The minimum Gasteiger partial charge on any atom is -0.310 e. The van der Waals surface area contributed by atoms with Crippen LogP contribution in [0.4, 0.5) is 0 Å². The highest BCUT2D eigenvalue weighted by Gasteiger charge is 2.13. The Morgan fingerprint density at radius 2 is 1.90 bits per heavy atom. The topological polar surface area (TPSA) is 24.9 Å². The van der Waals surface area contributed by atoms with Crippen LogP contribution in [0.2, 0.25) is 0 Å². The lowest BCUT2D eigenvalue weighted by Crippen LogP contribution is -2.24. The van der Waals surface area contributed by atoms with Crippen molar-refractivity contribution in [2.24, 2.45) is 0 Å². The van der Waals surface area contributed by atoms with E-state index in [1.54, 1.807) is 0 Å². The lowest BCUT2D eigenvalue weighted by Gasteiger charge is -2.20. The number of aromatic nitrogens is 1. The molecule has 1 unspecified atom stereocenters. The van der Waals surface area contributed by atoms with E-state index in [1.807, 2.05) is 12.4 Å². The predicted octanol–water partition coefficient (Wildman–Crippen LogP) is 5.20. The monoisotopic (exact) mass is 410 g/mol. The highest BCUT2D eigenvalue weighted by molar-refractivity contribution is 9.10. The normalized spacial score (nSPS) is 12.4. The van der Waals surface area contributed by atoms with Gasteiger partial charge in [-0.05, 0) is 77.1 Å². The molecule has 0 radical (unpaired) electrons. The molecule has 4 heteroatoms. The molecule has 0 amide bonds. The largest absolute Gasteiger partial charge is 0.310 e. The van der Waals surface area contributed by atoms with Crippen LogP contribution in [-0.4, -0.2) is 11.5 Å². The van der Waals surface area contributed by atoms with Crippen LogP contribution in [0.15, 0.2) is 45.6 Å². The first-order valence-corrected chi connectivity index (χ1v) is 8.77. The maximum atomic E-state index is 4.26. The Labute approximate surface area is 143 Å². The molecule has 0 aliphatic rings. The Hall–Kier alpha value is -0.710. The van der Waals surface area contributed by atoms with Gasteiger partial charge in [-0.1, -0.05) is 28.9 Å². The summed E-state index contributed by atoms with van der Waals surface area (Å²) in [7, 11) is 0. The van der Waals surface area contributed by atoms with E-state index in [0.717, 1.165) is 28.3 Å². The molecule has 1 N–H and O–H groups in total. The van der Waals surface area contributed by atoms with Crippen molar-refractivity contribution in [2.75, 3.05) is 6.54 Å². The van der Waals surface area contributed by atoms with Crippen molar-refractivity contribution in [3.05, 3.63) is 62.3 Å². The molecule has 1 atom stereocenters. The molecule has 0 bridgehead atoms. The second-order valence-corrected chi connectivity index (χ2v) is 7.12. The summed E-state index contributed by atoms with van der Waals surface area (Å²) in [5.74, 6) is 0. The van der Waals surface area contributed by atoms with Gasteiger partial charge in [0.25, 0.3) is 0 Å². The zero-order chi connectivity index (χ0) is 15.2. The molecule has 2 nitrogen and oxygen atoms in total. The highest BCUT2D eigenvalue weighted by Crippen LogP contribution is 2.24. The maximum absolute atomic E-state index is 4.26. The van der Waals surface area contributed by atoms with Crippen molar-refractivity contribution in [3.63, 3.8) is 0 Å². The summed E-state index contributed by atoms with van der Waals surface area (Å²) in [6, 6.07) is 9.03. The van der Waals surface area contributed by atoms with E-state index in [1.165, 1.54) is 16.7 Å². The summed E-state index contributed by atoms with van der Waals surface area (Å²) in [6.45, 7) is 5.33. The number of rotatable bonds is 6. The first kappa shape index (κ1) is 16.7. The van der Waals surface area contributed by atoms with Gasteiger partial charge in [0.1, 0.15) is 0 Å². The van der Waals surface area contributed by atoms with Gasteiger partial charge >= 0.3 is 0 Å². The number of nitrogens with zero attached hydrogens (tertiary/aromatic N) is 1. The van der Waals surface area contributed by atoms with Crippen molar-refractivity contribution in [3.8, 4) is 0 Å². The van der Waals surface area contributed by atoms with E-state index < -0.39 is 0 Å².